The molecule has 0 amide bonds. The highest BCUT2D eigenvalue weighted by molar-refractivity contribution is 4.92. The van der Waals surface area contributed by atoms with E-state index in [1.165, 1.54) is 25.7 Å². The highest BCUT2D eigenvalue weighted by atomic mass is 16.5. The van der Waals surface area contributed by atoms with Crippen LogP contribution in [0.15, 0.2) is 0 Å². The smallest absolute Gasteiger partial charge is 0.0700 e. The summed E-state index contributed by atoms with van der Waals surface area (Å²) in [6.07, 6.45) is 5.76. The molecule has 1 N–H and O–H groups in total. The van der Waals surface area contributed by atoms with Crippen LogP contribution in [0.5, 0.6) is 0 Å². The summed E-state index contributed by atoms with van der Waals surface area (Å²) in [5.41, 5.74) is 0. The van der Waals surface area contributed by atoms with Crippen molar-refractivity contribution in [2.24, 2.45) is 5.92 Å². The number of nitrogens with one attached hydrogen (secondary N) is 1. The summed E-state index contributed by atoms with van der Waals surface area (Å²) in [6, 6.07) is 0.819. The van der Waals surface area contributed by atoms with Gasteiger partial charge in [-0.3, -0.25) is 0 Å². The van der Waals surface area contributed by atoms with Crippen molar-refractivity contribution in [3.05, 3.63) is 0 Å². The first-order valence-electron chi connectivity index (χ1n) is 5.25. The normalized spacial score (nSPS) is 40.2. The first kappa shape index (κ1) is 8.52. The molecule has 1 aliphatic carbocycles. The van der Waals surface area contributed by atoms with Crippen molar-refractivity contribution >= 4 is 0 Å². The third-order valence-corrected chi connectivity index (χ3v) is 3.08. The Kier molecular flexibility index (Phi) is 2.66. The fourth-order valence-electron chi connectivity index (χ4n) is 2.04. The van der Waals surface area contributed by atoms with E-state index in [4.69, 9.17) is 4.74 Å². The van der Waals surface area contributed by atoms with Crippen molar-refractivity contribution in [1.82, 2.24) is 5.32 Å². The van der Waals surface area contributed by atoms with Gasteiger partial charge >= 0.3 is 0 Å². The maximum absolute atomic E-state index is 5.54. The molecule has 1 saturated heterocycles. The molecule has 0 bridgehead atoms. The summed E-state index contributed by atoms with van der Waals surface area (Å²) in [4.78, 5) is 0. The maximum atomic E-state index is 5.54. The monoisotopic (exact) mass is 169 g/mol. The second-order valence-corrected chi connectivity index (χ2v) is 4.05. The zero-order valence-corrected chi connectivity index (χ0v) is 7.88. The van der Waals surface area contributed by atoms with Crippen LogP contribution >= 0.6 is 0 Å². The molecule has 2 rings (SSSR count). The van der Waals surface area contributed by atoms with Gasteiger partial charge in [-0.05, 0) is 25.2 Å². The van der Waals surface area contributed by atoms with Gasteiger partial charge in [0, 0.05) is 19.2 Å². The van der Waals surface area contributed by atoms with Crippen molar-refractivity contribution < 1.29 is 4.74 Å². The lowest BCUT2D eigenvalue weighted by molar-refractivity contribution is 0.109. The molecule has 3 unspecified atom stereocenters. The van der Waals surface area contributed by atoms with Crippen molar-refractivity contribution in [3.63, 3.8) is 0 Å². The Hall–Kier alpha value is -0.0800. The van der Waals surface area contributed by atoms with Gasteiger partial charge in [-0.15, -0.1) is 0 Å². The van der Waals surface area contributed by atoms with E-state index in [0.29, 0.717) is 6.10 Å². The molecule has 1 saturated carbocycles. The molecule has 0 aromatic carbocycles. The van der Waals surface area contributed by atoms with Crippen molar-refractivity contribution in [2.75, 3.05) is 13.2 Å². The van der Waals surface area contributed by atoms with Gasteiger partial charge in [0.1, 0.15) is 0 Å². The average molecular weight is 169 g/mol. The molecule has 0 aromatic rings. The SMILES string of the molecule is CCC1CC1NCC1CCCO1. The molecule has 0 aromatic heterocycles. The Morgan fingerprint density at radius 3 is 3.00 bits per heavy atom. The average Bonchev–Trinajstić information content (AvgIpc) is 2.67. The molecule has 2 fully saturated rings. The molecule has 2 heteroatoms. The molecule has 0 radical (unpaired) electrons. The van der Waals surface area contributed by atoms with Crippen LogP contribution < -0.4 is 5.32 Å². The van der Waals surface area contributed by atoms with Gasteiger partial charge < -0.3 is 10.1 Å². The van der Waals surface area contributed by atoms with E-state index in [0.717, 1.165) is 25.1 Å². The topological polar surface area (TPSA) is 21.3 Å². The highest BCUT2D eigenvalue weighted by Crippen LogP contribution is 2.33. The molecule has 2 nitrogen and oxygen atoms in total. The van der Waals surface area contributed by atoms with Crippen LogP contribution in [-0.2, 0) is 4.74 Å². The number of rotatable bonds is 4. The van der Waals surface area contributed by atoms with Gasteiger partial charge in [0.25, 0.3) is 0 Å². The molecule has 2 aliphatic rings. The summed E-state index contributed by atoms with van der Waals surface area (Å²) in [6.45, 7) is 4.34. The Morgan fingerprint density at radius 2 is 2.42 bits per heavy atom. The van der Waals surface area contributed by atoms with Gasteiger partial charge in [-0.2, -0.15) is 0 Å². The number of ether oxygens (including phenoxy) is 1. The van der Waals surface area contributed by atoms with Crippen molar-refractivity contribution in [1.29, 1.82) is 0 Å². The first-order valence-corrected chi connectivity index (χ1v) is 5.25. The van der Waals surface area contributed by atoms with E-state index in [1.54, 1.807) is 0 Å². The van der Waals surface area contributed by atoms with Crippen LogP contribution in [0.4, 0.5) is 0 Å². The minimum Gasteiger partial charge on any atom is -0.377 e. The summed E-state index contributed by atoms with van der Waals surface area (Å²) < 4.78 is 5.54. The van der Waals surface area contributed by atoms with E-state index in [9.17, 15) is 0 Å². The molecule has 3 atom stereocenters. The first-order chi connectivity index (χ1) is 5.90. The second-order valence-electron chi connectivity index (χ2n) is 4.05. The fraction of sp³-hybridized carbons (Fsp3) is 1.00. The molecular formula is C10H19NO. The fourth-order valence-corrected chi connectivity index (χ4v) is 2.04. The molecule has 70 valence electrons. The van der Waals surface area contributed by atoms with Crippen LogP contribution in [0, 0.1) is 5.92 Å². The predicted molar refractivity (Wildman–Crippen MR) is 49.2 cm³/mol. The summed E-state index contributed by atoms with van der Waals surface area (Å²) in [7, 11) is 0. The summed E-state index contributed by atoms with van der Waals surface area (Å²) >= 11 is 0. The van der Waals surface area contributed by atoms with Crippen LogP contribution in [0.2, 0.25) is 0 Å². The van der Waals surface area contributed by atoms with Crippen molar-refractivity contribution in [3.8, 4) is 0 Å². The minimum atomic E-state index is 0.517. The molecule has 1 aliphatic heterocycles. The Labute approximate surface area is 74.7 Å². The van der Waals surface area contributed by atoms with Gasteiger partial charge in [0.2, 0.25) is 0 Å². The zero-order valence-electron chi connectivity index (χ0n) is 7.88. The van der Waals surface area contributed by atoms with Crippen LogP contribution in [-0.4, -0.2) is 25.3 Å². The standard InChI is InChI=1S/C10H19NO/c1-2-8-6-10(8)11-7-9-4-3-5-12-9/h8-11H,2-7H2,1H3. The minimum absolute atomic E-state index is 0.517. The Morgan fingerprint density at radius 1 is 1.50 bits per heavy atom. The number of hydrogen-bond donors (Lipinski definition) is 1. The zero-order chi connectivity index (χ0) is 8.39. The van der Waals surface area contributed by atoms with Gasteiger partial charge in [-0.25, -0.2) is 0 Å². The highest BCUT2D eigenvalue weighted by Gasteiger charge is 2.35. The molecular weight excluding hydrogens is 150 g/mol. The van der Waals surface area contributed by atoms with E-state index in [2.05, 4.69) is 12.2 Å². The number of hydrogen-bond acceptors (Lipinski definition) is 2. The van der Waals surface area contributed by atoms with E-state index in [1.807, 2.05) is 0 Å². The van der Waals surface area contributed by atoms with Crippen LogP contribution in [0.3, 0.4) is 0 Å². The molecule has 1 heterocycles. The van der Waals surface area contributed by atoms with Gasteiger partial charge in [0.05, 0.1) is 6.10 Å². The lowest BCUT2D eigenvalue weighted by Gasteiger charge is -2.09. The van der Waals surface area contributed by atoms with Gasteiger partial charge in [-0.1, -0.05) is 13.3 Å². The lowest BCUT2D eigenvalue weighted by Crippen LogP contribution is -2.28. The lowest BCUT2D eigenvalue weighted by atomic mass is 10.2. The Bertz CT molecular complexity index is 143. The summed E-state index contributed by atoms with van der Waals surface area (Å²) in [5, 5.41) is 3.57. The Balaban J connectivity index is 1.57. The predicted octanol–water partition coefficient (Wildman–Crippen LogP) is 1.55. The summed E-state index contributed by atoms with van der Waals surface area (Å²) in [5.74, 6) is 0.964. The third-order valence-electron chi connectivity index (χ3n) is 3.08. The molecule has 0 spiro atoms. The van der Waals surface area contributed by atoms with Crippen LogP contribution in [0.25, 0.3) is 0 Å². The van der Waals surface area contributed by atoms with Gasteiger partial charge in [0.15, 0.2) is 0 Å². The van der Waals surface area contributed by atoms with E-state index >= 15 is 0 Å². The largest absolute Gasteiger partial charge is 0.377 e. The van der Waals surface area contributed by atoms with E-state index < -0.39 is 0 Å². The maximum Gasteiger partial charge on any atom is 0.0700 e. The quantitative estimate of drug-likeness (QED) is 0.689. The molecule has 12 heavy (non-hydrogen) atoms. The van der Waals surface area contributed by atoms with Crippen molar-refractivity contribution in [2.45, 2.75) is 44.8 Å². The third kappa shape index (κ3) is 1.99. The van der Waals surface area contributed by atoms with E-state index in [-0.39, 0.29) is 0 Å². The second kappa shape index (κ2) is 3.75. The van der Waals surface area contributed by atoms with Crippen LogP contribution in [0.1, 0.15) is 32.6 Å².